The van der Waals surface area contributed by atoms with Gasteiger partial charge in [0.1, 0.15) is 6.15 Å². The highest BCUT2D eigenvalue weighted by atomic mass is 35.5. The molecule has 0 bridgehead atoms. The standard InChI is InChI=1S/C24H12BCl8.C6H15N/c26-17-1-13(2-18(27)9-17)25(14-3-19(28)10-20(29)4-14,15-5-21(30)11-22(31)6-15)16-7-23(32)12-24(33)8-16;1-4-7(5-2)6-3/h1-12H;4-6H2,1-3H3/q-1;/p+1. The zero-order valence-electron chi connectivity index (χ0n) is 22.2. The Labute approximate surface area is 277 Å². The van der Waals surface area contributed by atoms with Gasteiger partial charge in [0.15, 0.2) is 0 Å². The second-order valence-electron chi connectivity index (χ2n) is 9.49. The highest BCUT2D eigenvalue weighted by Gasteiger charge is 2.34. The van der Waals surface area contributed by atoms with E-state index >= 15 is 0 Å². The first kappa shape index (κ1) is 33.7. The summed E-state index contributed by atoms with van der Waals surface area (Å²) in [5, 5.41) is 3.65. The number of quaternary nitrogens is 1. The summed E-state index contributed by atoms with van der Waals surface area (Å²) >= 11 is 51.8. The van der Waals surface area contributed by atoms with Gasteiger partial charge in [0.05, 0.1) is 19.6 Å². The third-order valence-electron chi connectivity index (χ3n) is 7.04. The Bertz CT molecular complexity index is 1170. The first-order valence-electron chi connectivity index (χ1n) is 12.8. The predicted octanol–water partition coefficient (Wildman–Crippen LogP) is 8.22. The molecule has 4 rings (SSSR count). The molecule has 1 N–H and O–H groups in total. The summed E-state index contributed by atoms with van der Waals surface area (Å²) < 4.78 is 0. The van der Waals surface area contributed by atoms with Crippen LogP contribution in [-0.2, 0) is 0 Å². The summed E-state index contributed by atoms with van der Waals surface area (Å²) in [5.74, 6) is 0. The average molecular weight is 697 g/mol. The SMILES string of the molecule is CC[NH+](CC)CC.Clc1cc(Cl)cc([B-](c2cc(Cl)cc(Cl)c2)(c2cc(Cl)cc(Cl)c2)c2cc(Cl)cc(Cl)c2)c1. The molecule has 0 aliphatic carbocycles. The van der Waals surface area contributed by atoms with Gasteiger partial charge in [-0.05, 0) is 45.0 Å². The topological polar surface area (TPSA) is 4.44 Å². The van der Waals surface area contributed by atoms with Crippen molar-refractivity contribution >= 4 is 121 Å². The van der Waals surface area contributed by atoms with Gasteiger partial charge in [0, 0.05) is 40.2 Å². The van der Waals surface area contributed by atoms with Crippen LogP contribution < -0.4 is 26.8 Å². The quantitative estimate of drug-likeness (QED) is 0.186. The minimum Gasteiger partial charge on any atom is -0.336 e. The zero-order chi connectivity index (χ0) is 29.6. The molecule has 10 heteroatoms. The van der Waals surface area contributed by atoms with Crippen LogP contribution >= 0.6 is 92.8 Å². The lowest BCUT2D eigenvalue weighted by molar-refractivity contribution is -0.894. The number of nitrogens with one attached hydrogen (secondary N) is 1. The second kappa shape index (κ2) is 15.1. The van der Waals surface area contributed by atoms with Crippen LogP contribution in [0.2, 0.25) is 40.2 Å². The van der Waals surface area contributed by atoms with Gasteiger partial charge in [-0.2, -0.15) is 21.9 Å². The van der Waals surface area contributed by atoms with Crippen molar-refractivity contribution in [2.45, 2.75) is 20.8 Å². The molecule has 0 aliphatic rings. The van der Waals surface area contributed by atoms with Gasteiger partial charge in [0.2, 0.25) is 0 Å². The minimum absolute atomic E-state index is 0.457. The van der Waals surface area contributed by atoms with Crippen molar-refractivity contribution in [1.29, 1.82) is 0 Å². The number of rotatable bonds is 7. The van der Waals surface area contributed by atoms with Crippen molar-refractivity contribution in [2.75, 3.05) is 19.6 Å². The van der Waals surface area contributed by atoms with E-state index in [1.165, 1.54) is 19.6 Å². The van der Waals surface area contributed by atoms with Crippen molar-refractivity contribution in [3.63, 3.8) is 0 Å². The van der Waals surface area contributed by atoms with Crippen LogP contribution in [-0.4, -0.2) is 25.8 Å². The number of halogens is 8. The van der Waals surface area contributed by atoms with E-state index in [0.29, 0.717) is 40.2 Å². The van der Waals surface area contributed by atoms with E-state index in [4.69, 9.17) is 92.8 Å². The third-order valence-corrected chi connectivity index (χ3v) is 8.79. The number of benzene rings is 4. The van der Waals surface area contributed by atoms with Gasteiger partial charge in [-0.1, -0.05) is 141 Å². The zero-order valence-corrected chi connectivity index (χ0v) is 28.2. The molecule has 0 aliphatic heterocycles. The molecule has 212 valence electrons. The largest absolute Gasteiger partial charge is 0.336 e. The average Bonchev–Trinajstić information content (AvgIpc) is 2.84. The van der Waals surface area contributed by atoms with Crippen molar-refractivity contribution in [3.8, 4) is 0 Å². The molecule has 0 amide bonds. The lowest BCUT2D eigenvalue weighted by Gasteiger charge is -2.45. The van der Waals surface area contributed by atoms with Gasteiger partial charge in [-0.3, -0.25) is 0 Å². The molecule has 0 heterocycles. The smallest absolute Gasteiger partial charge is 0.108 e. The molecule has 0 spiro atoms. The van der Waals surface area contributed by atoms with Crippen LogP contribution in [0.5, 0.6) is 0 Å². The van der Waals surface area contributed by atoms with Gasteiger partial charge in [0.25, 0.3) is 0 Å². The first-order chi connectivity index (χ1) is 18.9. The summed E-state index contributed by atoms with van der Waals surface area (Å²) in [6.07, 6.45) is -2.04. The summed E-state index contributed by atoms with van der Waals surface area (Å²) in [6, 6.07) is 21.4. The van der Waals surface area contributed by atoms with Crippen molar-refractivity contribution in [3.05, 3.63) is 113 Å². The summed E-state index contributed by atoms with van der Waals surface area (Å²) in [6.45, 7) is 10.5. The summed E-state index contributed by atoms with van der Waals surface area (Å²) in [5.41, 5.74) is 3.12. The molecule has 0 unspecified atom stereocenters. The third kappa shape index (κ3) is 8.19. The van der Waals surface area contributed by atoms with Crippen LogP contribution in [0.4, 0.5) is 0 Å². The molecule has 0 aromatic heterocycles. The fourth-order valence-corrected chi connectivity index (χ4v) is 7.38. The van der Waals surface area contributed by atoms with Crippen LogP contribution in [0.15, 0.2) is 72.8 Å². The normalized spacial score (nSPS) is 11.4. The van der Waals surface area contributed by atoms with E-state index < -0.39 is 6.15 Å². The molecule has 0 saturated carbocycles. The molecule has 0 radical (unpaired) electrons. The summed E-state index contributed by atoms with van der Waals surface area (Å²) in [7, 11) is 0. The Morgan fingerprint density at radius 3 is 0.675 bits per heavy atom. The lowest BCUT2D eigenvalue weighted by atomic mass is 9.13. The van der Waals surface area contributed by atoms with Crippen molar-refractivity contribution < 1.29 is 4.90 Å². The maximum Gasteiger partial charge on any atom is 0.108 e. The lowest BCUT2D eigenvalue weighted by Crippen LogP contribution is -3.11. The van der Waals surface area contributed by atoms with Crippen LogP contribution in [0.1, 0.15) is 20.8 Å². The molecule has 0 saturated heterocycles. The monoisotopic (exact) mass is 693 g/mol. The Morgan fingerprint density at radius 1 is 0.375 bits per heavy atom. The fourth-order valence-electron chi connectivity index (χ4n) is 5.21. The Kier molecular flexibility index (Phi) is 12.7. The molecule has 0 atom stereocenters. The van der Waals surface area contributed by atoms with E-state index in [1.807, 2.05) is 48.5 Å². The summed E-state index contributed by atoms with van der Waals surface area (Å²) in [4.78, 5) is 1.68. The van der Waals surface area contributed by atoms with Crippen LogP contribution in [0, 0.1) is 0 Å². The minimum atomic E-state index is -2.04. The van der Waals surface area contributed by atoms with Gasteiger partial charge < -0.3 is 4.90 Å². The van der Waals surface area contributed by atoms with E-state index in [-0.39, 0.29) is 0 Å². The van der Waals surface area contributed by atoms with Gasteiger partial charge in [-0.25, -0.2) is 0 Å². The van der Waals surface area contributed by atoms with Gasteiger partial charge in [-0.15, -0.1) is 0 Å². The Morgan fingerprint density at radius 2 is 0.550 bits per heavy atom. The highest BCUT2D eigenvalue weighted by Crippen LogP contribution is 2.25. The second-order valence-corrected chi connectivity index (χ2v) is 13.0. The van der Waals surface area contributed by atoms with E-state index in [2.05, 4.69) is 20.8 Å². The molecule has 40 heavy (non-hydrogen) atoms. The highest BCUT2D eigenvalue weighted by molar-refractivity contribution is 7.20. The maximum atomic E-state index is 6.48. The number of hydrogen-bond acceptors (Lipinski definition) is 0. The van der Waals surface area contributed by atoms with E-state index in [9.17, 15) is 0 Å². The van der Waals surface area contributed by atoms with Crippen LogP contribution in [0.25, 0.3) is 0 Å². The molecule has 4 aromatic carbocycles. The van der Waals surface area contributed by atoms with E-state index in [1.54, 1.807) is 29.2 Å². The molecule has 4 aromatic rings. The maximum absolute atomic E-state index is 6.48. The predicted molar refractivity (Wildman–Crippen MR) is 183 cm³/mol. The van der Waals surface area contributed by atoms with Crippen LogP contribution in [0.3, 0.4) is 0 Å². The molecular weight excluding hydrogens is 669 g/mol. The molecular formula is C30H28BCl8N. The molecule has 0 fully saturated rings. The van der Waals surface area contributed by atoms with Gasteiger partial charge >= 0.3 is 0 Å². The Balaban J connectivity index is 0.000000559. The molecule has 1 nitrogen and oxygen atoms in total. The van der Waals surface area contributed by atoms with Crippen molar-refractivity contribution in [1.82, 2.24) is 0 Å². The fraction of sp³-hybridized carbons (Fsp3) is 0.200. The van der Waals surface area contributed by atoms with E-state index in [0.717, 1.165) is 21.9 Å². The van der Waals surface area contributed by atoms with Crippen molar-refractivity contribution in [2.24, 2.45) is 0 Å². The first-order valence-corrected chi connectivity index (χ1v) is 15.8. The number of hydrogen-bond donors (Lipinski definition) is 1. The Hall–Kier alpha value is -0.775.